The summed E-state index contributed by atoms with van der Waals surface area (Å²) in [6, 6.07) is 7.30. The van der Waals surface area contributed by atoms with Gasteiger partial charge in [0.25, 0.3) is 5.91 Å². The molecule has 0 aromatic heterocycles. The minimum atomic E-state index is -0.504. The average Bonchev–Trinajstić information content (AvgIpc) is 3.21. The van der Waals surface area contributed by atoms with Crippen LogP contribution >= 0.6 is 0 Å². The zero-order valence-corrected chi connectivity index (χ0v) is 14.7. The van der Waals surface area contributed by atoms with Crippen LogP contribution in [0.5, 0.6) is 0 Å². The molecule has 134 valence electrons. The van der Waals surface area contributed by atoms with E-state index in [2.05, 4.69) is 16.3 Å². The van der Waals surface area contributed by atoms with Gasteiger partial charge in [0.15, 0.2) is 0 Å². The molecule has 0 aliphatic carbocycles. The number of carbonyl (C=O) groups excluding carboxylic acids is 1. The molecule has 2 aliphatic rings. The van der Waals surface area contributed by atoms with Crippen LogP contribution in [0.15, 0.2) is 18.2 Å². The second kappa shape index (κ2) is 7.32. The molecule has 0 bridgehead atoms. The largest absolute Gasteiger partial charge is 0.380 e. The molecule has 2 heterocycles. The van der Waals surface area contributed by atoms with Crippen molar-refractivity contribution in [1.29, 1.82) is 0 Å². The fourth-order valence-corrected chi connectivity index (χ4v) is 3.55. The fraction of sp³-hybridized carbons (Fsp3) is 0.526. The summed E-state index contributed by atoms with van der Waals surface area (Å²) < 4.78 is 19.8. The molecule has 0 saturated carbocycles. The van der Waals surface area contributed by atoms with Gasteiger partial charge in [0.1, 0.15) is 5.82 Å². The molecule has 1 N–H and O–H groups in total. The van der Waals surface area contributed by atoms with Crippen molar-refractivity contribution < 1.29 is 13.9 Å². The number of likely N-dealkylation sites (tertiary alicyclic amines) is 1. The van der Waals surface area contributed by atoms with Gasteiger partial charge in [-0.15, -0.1) is 0 Å². The van der Waals surface area contributed by atoms with Crippen LogP contribution in [0.1, 0.15) is 23.7 Å². The van der Waals surface area contributed by atoms with Crippen LogP contribution in [0.2, 0.25) is 0 Å². The first-order chi connectivity index (χ1) is 12.0. The Kier molecular flexibility index (Phi) is 5.14. The van der Waals surface area contributed by atoms with Crippen LogP contribution in [-0.4, -0.2) is 56.2 Å². The first kappa shape index (κ1) is 17.6. The van der Waals surface area contributed by atoms with Crippen LogP contribution in [0.4, 0.5) is 10.1 Å². The van der Waals surface area contributed by atoms with Gasteiger partial charge in [-0.2, -0.15) is 0 Å². The molecular formula is C19H24FN3O2. The average molecular weight is 345 g/mol. The lowest BCUT2D eigenvalue weighted by molar-refractivity contribution is 0.0928. The van der Waals surface area contributed by atoms with Gasteiger partial charge in [0, 0.05) is 45.0 Å². The number of amides is 1. The van der Waals surface area contributed by atoms with Crippen LogP contribution in [0, 0.1) is 24.2 Å². The summed E-state index contributed by atoms with van der Waals surface area (Å²) in [4.78, 5) is 16.3. The highest BCUT2D eigenvalue weighted by Gasteiger charge is 2.30. The minimum Gasteiger partial charge on any atom is -0.380 e. The van der Waals surface area contributed by atoms with Crippen molar-refractivity contribution in [2.45, 2.75) is 25.5 Å². The van der Waals surface area contributed by atoms with Crippen molar-refractivity contribution in [2.24, 2.45) is 5.92 Å². The first-order valence-corrected chi connectivity index (χ1v) is 8.61. The maximum absolute atomic E-state index is 14.5. The van der Waals surface area contributed by atoms with E-state index < -0.39 is 11.7 Å². The van der Waals surface area contributed by atoms with E-state index in [0.717, 1.165) is 31.7 Å². The van der Waals surface area contributed by atoms with E-state index in [4.69, 9.17) is 11.2 Å². The number of rotatable bonds is 4. The van der Waals surface area contributed by atoms with Gasteiger partial charge in [0.05, 0.1) is 17.7 Å². The number of hydrogen-bond acceptors (Lipinski definition) is 4. The van der Waals surface area contributed by atoms with E-state index in [1.807, 2.05) is 11.8 Å². The van der Waals surface area contributed by atoms with Crippen molar-refractivity contribution in [1.82, 2.24) is 10.2 Å². The van der Waals surface area contributed by atoms with Crippen LogP contribution in [-0.2, 0) is 4.74 Å². The molecule has 3 rings (SSSR count). The number of halogens is 1. The van der Waals surface area contributed by atoms with Gasteiger partial charge in [-0.05, 0) is 30.5 Å². The summed E-state index contributed by atoms with van der Waals surface area (Å²) in [6.45, 7) is 4.92. The molecule has 6 heteroatoms. The maximum Gasteiger partial charge on any atom is 0.254 e. The molecule has 2 saturated heterocycles. The van der Waals surface area contributed by atoms with E-state index in [-0.39, 0.29) is 23.6 Å². The second-order valence-electron chi connectivity index (χ2n) is 6.85. The standard InChI is InChI=1S/C19H24FN3O2/c1-4-22-10-13(2)18(12-22)21-19(24)16-6-5-14(9-17(16)20)23-8-7-15(11-23)25-3/h1,5-6,9,13,15,18H,7-8,10-12H2,2-3H3,(H,21,24)/t13-,15-,18-/m0/s1. The van der Waals surface area contributed by atoms with Crippen molar-refractivity contribution in [2.75, 3.05) is 38.2 Å². The monoisotopic (exact) mass is 345 g/mol. The Morgan fingerprint density at radius 2 is 2.20 bits per heavy atom. The maximum atomic E-state index is 14.5. The summed E-state index contributed by atoms with van der Waals surface area (Å²) in [6.07, 6.45) is 6.51. The van der Waals surface area contributed by atoms with E-state index in [1.165, 1.54) is 6.07 Å². The van der Waals surface area contributed by atoms with Crippen molar-refractivity contribution in [3.63, 3.8) is 0 Å². The molecule has 1 amide bonds. The summed E-state index contributed by atoms with van der Waals surface area (Å²) in [5.74, 6) is -0.663. The normalized spacial score (nSPS) is 25.9. The summed E-state index contributed by atoms with van der Waals surface area (Å²) in [7, 11) is 1.69. The van der Waals surface area contributed by atoms with Crippen molar-refractivity contribution in [3.05, 3.63) is 29.6 Å². The third-order valence-corrected chi connectivity index (χ3v) is 5.15. The Bertz CT molecular complexity index is 688. The number of methoxy groups -OCH3 is 1. The van der Waals surface area contributed by atoms with E-state index in [0.29, 0.717) is 6.54 Å². The van der Waals surface area contributed by atoms with Crippen LogP contribution in [0.25, 0.3) is 0 Å². The van der Waals surface area contributed by atoms with E-state index >= 15 is 0 Å². The Hall–Kier alpha value is -2.26. The molecule has 0 radical (unpaired) electrons. The number of terminal acetylenes is 1. The quantitative estimate of drug-likeness (QED) is 0.844. The predicted octanol–water partition coefficient (Wildman–Crippen LogP) is 1.69. The molecule has 2 aliphatic heterocycles. The van der Waals surface area contributed by atoms with Gasteiger partial charge in [-0.1, -0.05) is 13.3 Å². The molecule has 25 heavy (non-hydrogen) atoms. The van der Waals surface area contributed by atoms with Crippen LogP contribution < -0.4 is 10.2 Å². The zero-order valence-electron chi connectivity index (χ0n) is 14.7. The number of nitrogens with zero attached hydrogens (tertiary/aromatic N) is 2. The van der Waals surface area contributed by atoms with E-state index in [1.54, 1.807) is 19.2 Å². The van der Waals surface area contributed by atoms with Gasteiger partial charge >= 0.3 is 0 Å². The number of ether oxygens (including phenoxy) is 1. The SMILES string of the molecule is C#CN1C[C@H](NC(=O)c2ccc(N3CC[C@H](OC)C3)cc2F)[C@@H](C)C1. The predicted molar refractivity (Wildman–Crippen MR) is 94.9 cm³/mol. The Balaban J connectivity index is 1.67. The number of carbonyl (C=O) groups is 1. The zero-order chi connectivity index (χ0) is 18.0. The molecule has 3 atom stereocenters. The summed E-state index contributed by atoms with van der Waals surface area (Å²) in [5, 5.41) is 2.91. The summed E-state index contributed by atoms with van der Waals surface area (Å²) in [5.41, 5.74) is 0.846. The highest BCUT2D eigenvalue weighted by Crippen LogP contribution is 2.24. The molecule has 1 aromatic carbocycles. The Morgan fingerprint density at radius 1 is 1.40 bits per heavy atom. The van der Waals surface area contributed by atoms with Gasteiger partial charge < -0.3 is 19.9 Å². The fourth-order valence-electron chi connectivity index (χ4n) is 3.55. The molecule has 2 fully saturated rings. The molecule has 5 nitrogen and oxygen atoms in total. The number of benzene rings is 1. The third kappa shape index (κ3) is 3.72. The first-order valence-electron chi connectivity index (χ1n) is 8.61. The lowest BCUT2D eigenvalue weighted by Gasteiger charge is -2.20. The highest BCUT2D eigenvalue weighted by molar-refractivity contribution is 5.95. The van der Waals surface area contributed by atoms with E-state index in [9.17, 15) is 9.18 Å². The molecular weight excluding hydrogens is 321 g/mol. The molecule has 0 unspecified atom stereocenters. The highest BCUT2D eigenvalue weighted by atomic mass is 19.1. The van der Waals surface area contributed by atoms with Gasteiger partial charge in [0.2, 0.25) is 0 Å². The number of nitrogens with one attached hydrogen (secondary N) is 1. The summed E-state index contributed by atoms with van der Waals surface area (Å²) >= 11 is 0. The van der Waals surface area contributed by atoms with Crippen LogP contribution in [0.3, 0.4) is 0 Å². The smallest absolute Gasteiger partial charge is 0.254 e. The molecule has 1 aromatic rings. The number of hydrogen-bond donors (Lipinski definition) is 1. The van der Waals surface area contributed by atoms with Crippen molar-refractivity contribution in [3.8, 4) is 12.5 Å². The minimum absolute atomic E-state index is 0.0660. The van der Waals surface area contributed by atoms with Gasteiger partial charge in [-0.25, -0.2) is 4.39 Å². The lowest BCUT2D eigenvalue weighted by Crippen LogP contribution is -2.40. The lowest BCUT2D eigenvalue weighted by atomic mass is 10.1. The molecule has 0 spiro atoms. The Morgan fingerprint density at radius 3 is 2.80 bits per heavy atom. The third-order valence-electron chi connectivity index (χ3n) is 5.15. The number of anilines is 1. The topological polar surface area (TPSA) is 44.8 Å². The second-order valence-corrected chi connectivity index (χ2v) is 6.85. The van der Waals surface area contributed by atoms with Gasteiger partial charge in [-0.3, -0.25) is 4.79 Å². The Labute approximate surface area is 148 Å². The van der Waals surface area contributed by atoms with Crippen molar-refractivity contribution >= 4 is 11.6 Å².